The van der Waals surface area contributed by atoms with Crippen LogP contribution in [0.1, 0.15) is 0 Å². The van der Waals surface area contributed by atoms with Gasteiger partial charge in [-0.25, -0.2) is 0 Å². The zero-order chi connectivity index (χ0) is 19.5. The van der Waals surface area contributed by atoms with Crippen LogP contribution in [0.4, 0.5) is 22.7 Å². The molecule has 0 bridgehead atoms. The maximum Gasteiger partial charge on any atom is 0.269 e. The minimum Gasteiger partial charge on any atom is -0.258 e. The summed E-state index contributed by atoms with van der Waals surface area (Å²) in [5.41, 5.74) is 9.85. The fourth-order valence-electron chi connectivity index (χ4n) is 1.81. The average Bonchev–Trinajstić information content (AvgIpc) is 2.69. The molecule has 3 aromatic rings. The molecule has 9 heteroatoms. The third kappa shape index (κ3) is 6.95. The number of halogens is 1. The van der Waals surface area contributed by atoms with Crippen molar-refractivity contribution < 1.29 is 4.92 Å². The number of azo groups is 1. The zero-order valence-electron chi connectivity index (χ0n) is 13.9. The molecule has 0 aromatic heterocycles. The lowest BCUT2D eigenvalue weighted by Gasteiger charge is -1.94. The highest BCUT2D eigenvalue weighted by Crippen LogP contribution is 2.23. The standard InChI is InChI=1S/C12H8N6O2.C6H5Cl/c13-17-16-11-3-1-9(2-4-11)14-15-10-5-7-12(8-6-10)18(19)20;7-6-4-2-1-3-5-6/h1-8H;1-5H. The number of rotatable bonds is 4. The maximum atomic E-state index is 10.5. The van der Waals surface area contributed by atoms with Gasteiger partial charge in [-0.05, 0) is 41.9 Å². The summed E-state index contributed by atoms with van der Waals surface area (Å²) >= 11 is 5.54. The Hall–Kier alpha value is -3.74. The number of nitro benzene ring substituents is 1. The van der Waals surface area contributed by atoms with Crippen LogP contribution in [0.25, 0.3) is 10.4 Å². The average molecular weight is 381 g/mol. The number of non-ortho nitro benzene ring substituents is 1. The third-order valence-corrected chi connectivity index (χ3v) is 3.34. The fourth-order valence-corrected chi connectivity index (χ4v) is 1.95. The van der Waals surface area contributed by atoms with Gasteiger partial charge in [-0.3, -0.25) is 10.1 Å². The second-order valence-electron chi connectivity index (χ2n) is 4.97. The van der Waals surface area contributed by atoms with Crippen molar-refractivity contribution in [1.29, 1.82) is 0 Å². The summed E-state index contributed by atoms with van der Waals surface area (Å²) < 4.78 is 0. The Labute approximate surface area is 159 Å². The van der Waals surface area contributed by atoms with E-state index in [-0.39, 0.29) is 5.69 Å². The molecule has 0 amide bonds. The first-order chi connectivity index (χ1) is 13.1. The van der Waals surface area contributed by atoms with Crippen molar-refractivity contribution in [1.82, 2.24) is 0 Å². The van der Waals surface area contributed by atoms with Crippen molar-refractivity contribution in [2.24, 2.45) is 15.3 Å². The van der Waals surface area contributed by atoms with Gasteiger partial charge in [0.25, 0.3) is 5.69 Å². The van der Waals surface area contributed by atoms with E-state index in [0.29, 0.717) is 17.1 Å². The Bertz CT molecular complexity index is 906. The Morgan fingerprint density at radius 1 is 0.815 bits per heavy atom. The largest absolute Gasteiger partial charge is 0.269 e. The Balaban J connectivity index is 0.000000313. The lowest BCUT2D eigenvalue weighted by Crippen LogP contribution is -1.85. The van der Waals surface area contributed by atoms with Gasteiger partial charge in [-0.2, -0.15) is 10.2 Å². The predicted molar refractivity (Wildman–Crippen MR) is 104 cm³/mol. The molecule has 0 saturated heterocycles. The van der Waals surface area contributed by atoms with Gasteiger partial charge >= 0.3 is 0 Å². The second kappa shape index (κ2) is 10.3. The van der Waals surface area contributed by atoms with Gasteiger partial charge in [0.2, 0.25) is 0 Å². The molecular formula is C18H13ClN6O2. The first kappa shape index (κ1) is 19.6. The van der Waals surface area contributed by atoms with E-state index in [2.05, 4.69) is 20.3 Å². The molecule has 0 saturated carbocycles. The summed E-state index contributed by atoms with van der Waals surface area (Å²) in [6, 6.07) is 21.7. The highest BCUT2D eigenvalue weighted by Gasteiger charge is 2.02. The van der Waals surface area contributed by atoms with Gasteiger partial charge in [-0.15, -0.1) is 0 Å². The predicted octanol–water partition coefficient (Wildman–Crippen LogP) is 7.29. The van der Waals surface area contributed by atoms with E-state index >= 15 is 0 Å². The smallest absolute Gasteiger partial charge is 0.258 e. The van der Waals surface area contributed by atoms with Crippen molar-refractivity contribution >= 4 is 34.4 Å². The molecule has 0 fully saturated rings. The second-order valence-corrected chi connectivity index (χ2v) is 5.41. The van der Waals surface area contributed by atoms with Gasteiger partial charge < -0.3 is 0 Å². The normalized spacial score (nSPS) is 9.81. The van der Waals surface area contributed by atoms with E-state index in [9.17, 15) is 10.1 Å². The molecule has 0 radical (unpaired) electrons. The molecule has 0 spiro atoms. The van der Waals surface area contributed by atoms with Crippen LogP contribution >= 0.6 is 11.6 Å². The van der Waals surface area contributed by atoms with E-state index in [1.54, 1.807) is 24.3 Å². The van der Waals surface area contributed by atoms with Crippen LogP contribution in [0, 0.1) is 10.1 Å². The van der Waals surface area contributed by atoms with Crippen molar-refractivity contribution in [3.05, 3.63) is 104 Å². The number of hydrogen-bond donors (Lipinski definition) is 0. The highest BCUT2D eigenvalue weighted by molar-refractivity contribution is 6.30. The van der Waals surface area contributed by atoms with Crippen molar-refractivity contribution in [3.8, 4) is 0 Å². The molecule has 27 heavy (non-hydrogen) atoms. The van der Waals surface area contributed by atoms with Crippen LogP contribution in [-0.4, -0.2) is 4.92 Å². The van der Waals surface area contributed by atoms with Crippen molar-refractivity contribution in [2.75, 3.05) is 0 Å². The molecule has 134 valence electrons. The Morgan fingerprint density at radius 2 is 1.30 bits per heavy atom. The summed E-state index contributed by atoms with van der Waals surface area (Å²) in [4.78, 5) is 12.7. The summed E-state index contributed by atoms with van der Waals surface area (Å²) in [6.07, 6.45) is 0. The number of azide groups is 1. The summed E-state index contributed by atoms with van der Waals surface area (Å²) in [7, 11) is 0. The molecule has 8 nitrogen and oxygen atoms in total. The fraction of sp³-hybridized carbons (Fsp3) is 0. The van der Waals surface area contributed by atoms with Gasteiger partial charge in [0.1, 0.15) is 0 Å². The van der Waals surface area contributed by atoms with Crippen LogP contribution in [0.15, 0.2) is 94.2 Å². The molecular weight excluding hydrogens is 368 g/mol. The number of benzene rings is 3. The van der Waals surface area contributed by atoms with E-state index < -0.39 is 4.92 Å². The Kier molecular flexibility index (Phi) is 7.47. The molecule has 0 aliphatic heterocycles. The molecule has 3 aromatic carbocycles. The number of nitro groups is 1. The van der Waals surface area contributed by atoms with E-state index in [4.69, 9.17) is 17.1 Å². The van der Waals surface area contributed by atoms with Crippen LogP contribution in [0.3, 0.4) is 0 Å². The minimum atomic E-state index is -0.477. The monoisotopic (exact) mass is 380 g/mol. The molecule has 0 atom stereocenters. The van der Waals surface area contributed by atoms with Crippen LogP contribution in [-0.2, 0) is 0 Å². The first-order valence-corrected chi connectivity index (χ1v) is 7.98. The van der Waals surface area contributed by atoms with Crippen molar-refractivity contribution in [3.63, 3.8) is 0 Å². The lowest BCUT2D eigenvalue weighted by atomic mass is 10.3. The first-order valence-electron chi connectivity index (χ1n) is 7.60. The van der Waals surface area contributed by atoms with Crippen LogP contribution in [0.2, 0.25) is 5.02 Å². The molecule has 0 N–H and O–H groups in total. The molecule has 0 aliphatic carbocycles. The maximum absolute atomic E-state index is 10.5. The van der Waals surface area contributed by atoms with Crippen LogP contribution < -0.4 is 0 Å². The van der Waals surface area contributed by atoms with E-state index in [1.807, 2.05) is 30.3 Å². The van der Waals surface area contributed by atoms with E-state index in [0.717, 1.165) is 5.02 Å². The molecule has 0 unspecified atom stereocenters. The third-order valence-electron chi connectivity index (χ3n) is 3.08. The molecule has 0 aliphatic rings. The molecule has 0 heterocycles. The SMILES string of the molecule is Clc1ccccc1.[N-]=[N+]=Nc1ccc(N=Nc2ccc([N+](=O)[O-])cc2)cc1. The highest BCUT2D eigenvalue weighted by atomic mass is 35.5. The number of nitrogens with zero attached hydrogens (tertiary/aromatic N) is 6. The summed E-state index contributed by atoms with van der Waals surface area (Å²) in [5, 5.41) is 22.6. The van der Waals surface area contributed by atoms with Gasteiger partial charge in [0.05, 0.1) is 16.3 Å². The van der Waals surface area contributed by atoms with Gasteiger partial charge in [0.15, 0.2) is 0 Å². The minimum absolute atomic E-state index is 0.00247. The number of hydrogen-bond acceptors (Lipinski definition) is 5. The summed E-state index contributed by atoms with van der Waals surface area (Å²) in [5.74, 6) is 0. The molecule has 3 rings (SSSR count). The zero-order valence-corrected chi connectivity index (χ0v) is 14.6. The van der Waals surface area contributed by atoms with Gasteiger partial charge in [-0.1, -0.05) is 47.0 Å². The van der Waals surface area contributed by atoms with Crippen LogP contribution in [0.5, 0.6) is 0 Å². The quantitative estimate of drug-likeness (QED) is 0.155. The van der Waals surface area contributed by atoms with E-state index in [1.165, 1.54) is 24.3 Å². The van der Waals surface area contributed by atoms with Crippen molar-refractivity contribution in [2.45, 2.75) is 0 Å². The lowest BCUT2D eigenvalue weighted by molar-refractivity contribution is -0.384. The summed E-state index contributed by atoms with van der Waals surface area (Å²) in [6.45, 7) is 0. The Morgan fingerprint density at radius 3 is 1.70 bits per heavy atom. The topological polar surface area (TPSA) is 117 Å². The van der Waals surface area contributed by atoms with Gasteiger partial charge in [0, 0.05) is 27.8 Å².